The fourth-order valence-corrected chi connectivity index (χ4v) is 5.23. The van der Waals surface area contributed by atoms with E-state index >= 15 is 0 Å². The molecule has 0 atom stereocenters. The summed E-state index contributed by atoms with van der Waals surface area (Å²) in [6.07, 6.45) is 1.33. The third-order valence-corrected chi connectivity index (χ3v) is 7.62. The number of hydrogen-bond donors (Lipinski definition) is 0. The van der Waals surface area contributed by atoms with E-state index in [4.69, 9.17) is 4.42 Å². The Labute approximate surface area is 221 Å². The van der Waals surface area contributed by atoms with E-state index < -0.39 is 15.8 Å². The predicted molar refractivity (Wildman–Crippen MR) is 147 cm³/mol. The molecule has 0 N–H and O–H groups in total. The maximum atomic E-state index is 13.6. The average Bonchev–Trinajstić information content (AvgIpc) is 3.26. The Bertz CT molecular complexity index is 1600. The third kappa shape index (κ3) is 5.47. The second-order valence-corrected chi connectivity index (χ2v) is 11.0. The zero-order valence-electron chi connectivity index (χ0n) is 21.7. The molecule has 0 aliphatic carbocycles. The lowest BCUT2D eigenvalue weighted by Gasteiger charge is -2.27. The number of halogens is 1. The van der Waals surface area contributed by atoms with Gasteiger partial charge in [-0.25, -0.2) is 12.8 Å². The van der Waals surface area contributed by atoms with Crippen LogP contribution in [-0.4, -0.2) is 51.4 Å². The van der Waals surface area contributed by atoms with Crippen LogP contribution in [-0.2, 0) is 14.8 Å². The summed E-state index contributed by atoms with van der Waals surface area (Å²) in [4.78, 5) is 26.4. The zero-order chi connectivity index (χ0) is 27.6. The molecule has 1 heterocycles. The molecule has 0 bridgehead atoms. The van der Waals surface area contributed by atoms with E-state index in [1.165, 1.54) is 28.3 Å². The minimum absolute atomic E-state index is 0.0204. The number of carbonyl (C=O) groups is 2. The first-order valence-corrected chi connectivity index (χ1v) is 14.0. The van der Waals surface area contributed by atoms with Crippen LogP contribution in [0.4, 0.5) is 10.1 Å². The Morgan fingerprint density at radius 3 is 2.18 bits per heavy atom. The van der Waals surface area contributed by atoms with Crippen molar-refractivity contribution in [1.82, 2.24) is 4.90 Å². The Morgan fingerprint density at radius 2 is 1.61 bits per heavy atom. The van der Waals surface area contributed by atoms with Crippen molar-refractivity contribution in [3.8, 4) is 22.5 Å². The summed E-state index contributed by atoms with van der Waals surface area (Å²) in [5.41, 5.74) is 2.91. The molecule has 198 valence electrons. The number of sulfonamides is 1. The molecule has 0 aliphatic rings. The van der Waals surface area contributed by atoms with E-state index in [-0.39, 0.29) is 31.2 Å². The molecule has 1 aromatic heterocycles. The van der Waals surface area contributed by atoms with Crippen molar-refractivity contribution >= 4 is 38.4 Å². The van der Waals surface area contributed by atoms with Gasteiger partial charge in [-0.05, 0) is 35.9 Å². The molecule has 4 aromatic rings. The molecule has 0 spiro atoms. The van der Waals surface area contributed by atoms with E-state index in [1.807, 2.05) is 30.3 Å². The second kappa shape index (κ2) is 10.8. The van der Waals surface area contributed by atoms with Crippen LogP contribution in [0, 0.1) is 5.82 Å². The summed E-state index contributed by atoms with van der Waals surface area (Å²) in [6, 6.07) is 18.3. The van der Waals surface area contributed by atoms with E-state index in [1.54, 1.807) is 38.2 Å². The van der Waals surface area contributed by atoms with Crippen molar-refractivity contribution in [2.75, 3.05) is 30.7 Å². The van der Waals surface area contributed by atoms with Crippen LogP contribution in [0.3, 0.4) is 0 Å². The lowest BCUT2D eigenvalue weighted by molar-refractivity contribution is -0.127. The SMILES string of the molecule is CCC(=O)c1c(-c2ccc(F)cc2)oc2cc(N(CCN(C)C(C)=O)S(C)(=O)=O)c(-c3ccccc3)cc12. The lowest BCUT2D eigenvalue weighted by Crippen LogP contribution is -2.38. The van der Waals surface area contributed by atoms with Crippen LogP contribution in [0.5, 0.6) is 0 Å². The number of rotatable bonds is 9. The number of hydrogen-bond acceptors (Lipinski definition) is 5. The number of fused-ring (bicyclic) bond motifs is 1. The number of amides is 1. The number of Topliss-reactive ketones (excluding diaryl/α,β-unsaturated/α-hetero) is 1. The van der Waals surface area contributed by atoms with Gasteiger partial charge in [-0.15, -0.1) is 0 Å². The topological polar surface area (TPSA) is 87.9 Å². The zero-order valence-corrected chi connectivity index (χ0v) is 22.5. The van der Waals surface area contributed by atoms with Gasteiger partial charge in [0.15, 0.2) is 5.78 Å². The van der Waals surface area contributed by atoms with Crippen molar-refractivity contribution in [3.63, 3.8) is 0 Å². The molecule has 0 unspecified atom stereocenters. The highest BCUT2D eigenvalue weighted by Crippen LogP contribution is 2.42. The molecule has 0 fully saturated rings. The molecule has 0 saturated carbocycles. The third-order valence-electron chi connectivity index (χ3n) is 6.44. The Balaban J connectivity index is 2.01. The van der Waals surface area contributed by atoms with Gasteiger partial charge in [0.25, 0.3) is 0 Å². The number of nitrogens with zero attached hydrogens (tertiary/aromatic N) is 2. The van der Waals surface area contributed by atoms with Crippen LogP contribution in [0.2, 0.25) is 0 Å². The van der Waals surface area contributed by atoms with Crippen LogP contribution in [0.25, 0.3) is 33.4 Å². The first kappa shape index (κ1) is 27.1. The average molecular weight is 537 g/mol. The largest absolute Gasteiger partial charge is 0.455 e. The van der Waals surface area contributed by atoms with Crippen molar-refractivity contribution in [1.29, 1.82) is 0 Å². The van der Waals surface area contributed by atoms with Gasteiger partial charge in [-0.1, -0.05) is 37.3 Å². The van der Waals surface area contributed by atoms with Gasteiger partial charge >= 0.3 is 0 Å². The molecule has 3 aromatic carbocycles. The first-order valence-electron chi connectivity index (χ1n) is 12.2. The maximum Gasteiger partial charge on any atom is 0.232 e. The van der Waals surface area contributed by atoms with Crippen molar-refractivity contribution in [2.45, 2.75) is 20.3 Å². The molecule has 0 aliphatic heterocycles. The molecule has 1 amide bonds. The summed E-state index contributed by atoms with van der Waals surface area (Å²) in [5.74, 6) is -0.459. The van der Waals surface area contributed by atoms with Crippen molar-refractivity contribution < 1.29 is 26.8 Å². The van der Waals surface area contributed by atoms with E-state index in [0.29, 0.717) is 39.1 Å². The van der Waals surface area contributed by atoms with E-state index in [2.05, 4.69) is 0 Å². The predicted octanol–water partition coefficient (Wildman–Crippen LogP) is 5.74. The van der Waals surface area contributed by atoms with Gasteiger partial charge in [0.05, 0.1) is 24.1 Å². The fraction of sp³-hybridized carbons (Fsp3) is 0.241. The maximum absolute atomic E-state index is 13.6. The molecule has 9 heteroatoms. The van der Waals surface area contributed by atoms with Crippen molar-refractivity contribution in [3.05, 3.63) is 78.1 Å². The first-order chi connectivity index (χ1) is 18.0. The van der Waals surface area contributed by atoms with Gasteiger partial charge in [0, 0.05) is 49.5 Å². The standard InChI is InChI=1S/C29H29FN2O5S/c1-5-26(34)28-24-17-23(20-9-7-6-8-10-20)25(32(38(4,35)36)16-15-31(3)19(2)33)18-27(24)37-29(28)21-11-13-22(30)14-12-21/h6-14,17-18H,5,15-16H2,1-4H3. The monoisotopic (exact) mass is 536 g/mol. The Kier molecular flexibility index (Phi) is 7.68. The Morgan fingerprint density at radius 1 is 0.947 bits per heavy atom. The highest BCUT2D eigenvalue weighted by molar-refractivity contribution is 7.92. The smallest absolute Gasteiger partial charge is 0.232 e. The molecule has 7 nitrogen and oxygen atoms in total. The van der Waals surface area contributed by atoms with Crippen LogP contribution >= 0.6 is 0 Å². The van der Waals surface area contributed by atoms with Crippen LogP contribution in [0.1, 0.15) is 30.6 Å². The summed E-state index contributed by atoms with van der Waals surface area (Å²) >= 11 is 0. The van der Waals surface area contributed by atoms with Crippen molar-refractivity contribution in [2.24, 2.45) is 0 Å². The fourth-order valence-electron chi connectivity index (χ4n) is 4.31. The molecular formula is C29H29FN2O5S. The number of benzene rings is 3. The van der Waals surface area contributed by atoms with Gasteiger partial charge < -0.3 is 9.32 Å². The lowest BCUT2D eigenvalue weighted by atomic mass is 9.96. The van der Waals surface area contributed by atoms with E-state index in [9.17, 15) is 22.4 Å². The van der Waals surface area contributed by atoms with Crippen LogP contribution < -0.4 is 4.31 Å². The minimum Gasteiger partial charge on any atom is -0.455 e. The molecule has 0 saturated heterocycles. The van der Waals surface area contributed by atoms with Gasteiger partial charge in [0.2, 0.25) is 15.9 Å². The Hall–Kier alpha value is -3.98. The summed E-state index contributed by atoms with van der Waals surface area (Å²) in [5, 5.41) is 0.535. The number of anilines is 1. The number of ketones is 1. The second-order valence-electron chi connectivity index (χ2n) is 9.10. The normalized spacial score (nSPS) is 11.5. The summed E-state index contributed by atoms with van der Waals surface area (Å²) < 4.78 is 47.1. The van der Waals surface area contributed by atoms with Gasteiger partial charge in [-0.3, -0.25) is 13.9 Å². The number of carbonyl (C=O) groups excluding carboxylic acids is 2. The molecular weight excluding hydrogens is 507 g/mol. The van der Waals surface area contributed by atoms with E-state index in [0.717, 1.165) is 11.8 Å². The summed E-state index contributed by atoms with van der Waals surface area (Å²) in [6.45, 7) is 3.36. The van der Waals surface area contributed by atoms with Crippen LogP contribution in [0.15, 0.2) is 71.1 Å². The van der Waals surface area contributed by atoms with Gasteiger partial charge in [-0.2, -0.15) is 0 Å². The molecule has 4 rings (SSSR count). The molecule has 0 radical (unpaired) electrons. The number of furan rings is 1. The van der Waals surface area contributed by atoms with Gasteiger partial charge in [0.1, 0.15) is 17.2 Å². The number of likely N-dealkylation sites (N-methyl/N-ethyl adjacent to an activating group) is 1. The highest BCUT2D eigenvalue weighted by atomic mass is 32.2. The minimum atomic E-state index is -3.77. The highest BCUT2D eigenvalue weighted by Gasteiger charge is 2.27. The summed E-state index contributed by atoms with van der Waals surface area (Å²) in [7, 11) is -2.17. The quantitative estimate of drug-likeness (QED) is 0.255. The molecule has 38 heavy (non-hydrogen) atoms.